The number of ether oxygens (including phenoxy) is 1. The molecule has 4 unspecified atom stereocenters. The van der Waals surface area contributed by atoms with Gasteiger partial charge in [0.05, 0.1) is 19.3 Å². The van der Waals surface area contributed by atoms with Crippen LogP contribution in [-0.2, 0) is 4.74 Å². The van der Waals surface area contributed by atoms with Gasteiger partial charge < -0.3 is 30.4 Å². The van der Waals surface area contributed by atoms with Crippen molar-refractivity contribution >= 4 is 5.91 Å². The second kappa shape index (κ2) is 5.67. The summed E-state index contributed by atoms with van der Waals surface area (Å²) in [5, 5.41) is 28.8. The zero-order valence-corrected chi connectivity index (χ0v) is 10.4. The maximum atomic E-state index is 12.0. The third-order valence-corrected chi connectivity index (χ3v) is 3.24. The average Bonchev–Trinajstić information content (AvgIpc) is 2.42. The first-order chi connectivity index (χ1) is 9.47. The van der Waals surface area contributed by atoms with E-state index in [9.17, 15) is 19.8 Å². The number of nitrogens with zero attached hydrogens (tertiary/aromatic N) is 2. The van der Waals surface area contributed by atoms with Gasteiger partial charge in [0.1, 0.15) is 18.3 Å². The minimum absolute atomic E-state index is 0.106. The van der Waals surface area contributed by atoms with Gasteiger partial charge in [0.2, 0.25) is 0 Å². The Bertz CT molecular complexity index is 559. The summed E-state index contributed by atoms with van der Waals surface area (Å²) in [6, 6.07) is -0.901. The van der Waals surface area contributed by atoms with Gasteiger partial charge in [-0.3, -0.25) is 9.59 Å². The molecule has 0 radical (unpaired) electrons. The van der Waals surface area contributed by atoms with Crippen LogP contribution in [0.3, 0.4) is 0 Å². The van der Waals surface area contributed by atoms with Crippen molar-refractivity contribution < 1.29 is 24.9 Å². The number of aliphatic hydroxyl groups is 3. The van der Waals surface area contributed by atoms with Gasteiger partial charge in [-0.05, 0) is 0 Å². The monoisotopic (exact) mass is 285 g/mol. The van der Waals surface area contributed by atoms with Crippen LogP contribution in [0.5, 0.6) is 0 Å². The van der Waals surface area contributed by atoms with Gasteiger partial charge in [0, 0.05) is 12.4 Å². The fourth-order valence-electron chi connectivity index (χ4n) is 2.13. The molecule has 1 aromatic rings. The molecule has 0 saturated carbocycles. The van der Waals surface area contributed by atoms with Crippen LogP contribution < -0.4 is 11.3 Å². The van der Waals surface area contributed by atoms with Crippen molar-refractivity contribution in [2.24, 2.45) is 5.73 Å². The van der Waals surface area contributed by atoms with E-state index in [0.717, 1.165) is 4.57 Å². The van der Waals surface area contributed by atoms with Gasteiger partial charge >= 0.3 is 0 Å². The van der Waals surface area contributed by atoms with Crippen LogP contribution in [0.2, 0.25) is 0 Å². The van der Waals surface area contributed by atoms with E-state index in [1.54, 1.807) is 0 Å². The molecule has 110 valence electrons. The number of nitrogens with two attached hydrogens (primary N) is 1. The van der Waals surface area contributed by atoms with Crippen molar-refractivity contribution in [3.05, 3.63) is 28.4 Å². The number of rotatable bonds is 3. The molecule has 5 N–H and O–H groups in total. The molecule has 1 aliphatic rings. The Morgan fingerprint density at radius 3 is 2.80 bits per heavy atom. The second-order valence-electron chi connectivity index (χ2n) is 4.46. The molecule has 2 heterocycles. The molecule has 9 nitrogen and oxygen atoms in total. The summed E-state index contributed by atoms with van der Waals surface area (Å²) < 4.78 is 6.21. The maximum absolute atomic E-state index is 12.0. The standard InChI is InChI=1S/C11H15N3O6/c12-10(18)7-11(19)14(2-1-13-7)5-4-20-6(3-15)9(17)8(5)16/h1-2,5-6,8-9,15-17H,3-4H2,(H2,12,18). The Balaban J connectivity index is 2.36. The Kier molecular flexibility index (Phi) is 4.14. The van der Waals surface area contributed by atoms with Gasteiger partial charge in [0.25, 0.3) is 11.5 Å². The molecule has 0 aliphatic carbocycles. The molecule has 0 spiro atoms. The number of hydrogen-bond donors (Lipinski definition) is 4. The largest absolute Gasteiger partial charge is 0.394 e. The quantitative estimate of drug-likeness (QED) is 0.462. The molecule has 0 aromatic carbocycles. The molecule has 1 amide bonds. The molecule has 1 saturated heterocycles. The van der Waals surface area contributed by atoms with Crippen molar-refractivity contribution in [2.45, 2.75) is 24.4 Å². The summed E-state index contributed by atoms with van der Waals surface area (Å²) in [4.78, 5) is 26.7. The van der Waals surface area contributed by atoms with Gasteiger partial charge in [-0.2, -0.15) is 0 Å². The normalized spacial score (nSPS) is 30.1. The number of aromatic nitrogens is 2. The SMILES string of the molecule is NC(=O)c1nccn(C2COC(CO)C(O)C2O)c1=O. The van der Waals surface area contributed by atoms with Crippen LogP contribution in [0.1, 0.15) is 16.5 Å². The highest BCUT2D eigenvalue weighted by atomic mass is 16.5. The van der Waals surface area contributed by atoms with Gasteiger partial charge in [0.15, 0.2) is 5.69 Å². The number of hydrogen-bond acceptors (Lipinski definition) is 7. The fourth-order valence-corrected chi connectivity index (χ4v) is 2.13. The van der Waals surface area contributed by atoms with E-state index < -0.39 is 48.1 Å². The van der Waals surface area contributed by atoms with Crippen LogP contribution in [-0.4, -0.2) is 62.3 Å². The fraction of sp³-hybridized carbons (Fsp3) is 0.545. The maximum Gasteiger partial charge on any atom is 0.282 e. The van der Waals surface area contributed by atoms with Crippen molar-refractivity contribution in [3.8, 4) is 0 Å². The van der Waals surface area contributed by atoms with E-state index >= 15 is 0 Å². The summed E-state index contributed by atoms with van der Waals surface area (Å²) in [7, 11) is 0. The number of carbonyl (C=O) groups is 1. The second-order valence-corrected chi connectivity index (χ2v) is 4.46. The Labute approximate surface area is 113 Å². The van der Waals surface area contributed by atoms with Gasteiger partial charge in [-0.1, -0.05) is 0 Å². The number of primary amides is 1. The summed E-state index contributed by atoms with van der Waals surface area (Å²) in [6.45, 7) is -0.561. The molecular weight excluding hydrogens is 270 g/mol. The molecule has 0 bridgehead atoms. The Morgan fingerprint density at radius 1 is 1.50 bits per heavy atom. The lowest BCUT2D eigenvalue weighted by atomic mass is 9.98. The molecule has 20 heavy (non-hydrogen) atoms. The zero-order chi connectivity index (χ0) is 14.9. The van der Waals surface area contributed by atoms with Crippen LogP contribution in [0.25, 0.3) is 0 Å². The lowest BCUT2D eigenvalue weighted by molar-refractivity contribution is -0.170. The Morgan fingerprint density at radius 2 is 2.20 bits per heavy atom. The van der Waals surface area contributed by atoms with Crippen LogP contribution in [0, 0.1) is 0 Å². The number of carbonyl (C=O) groups excluding carboxylic acids is 1. The van der Waals surface area contributed by atoms with Crippen molar-refractivity contribution in [3.63, 3.8) is 0 Å². The van der Waals surface area contributed by atoms with Crippen molar-refractivity contribution in [2.75, 3.05) is 13.2 Å². The summed E-state index contributed by atoms with van der Waals surface area (Å²) in [5.74, 6) is -0.982. The van der Waals surface area contributed by atoms with Crippen molar-refractivity contribution in [1.29, 1.82) is 0 Å². The van der Waals surface area contributed by atoms with E-state index in [-0.39, 0.29) is 6.61 Å². The van der Waals surface area contributed by atoms with Gasteiger partial charge in [-0.25, -0.2) is 4.98 Å². The zero-order valence-electron chi connectivity index (χ0n) is 10.4. The Hall–Kier alpha value is -1.81. The van der Waals surface area contributed by atoms with E-state index in [4.69, 9.17) is 15.6 Å². The minimum atomic E-state index is -1.35. The van der Waals surface area contributed by atoms with E-state index in [1.807, 2.05) is 0 Å². The predicted octanol–water partition coefficient (Wildman–Crippen LogP) is -3.00. The molecule has 1 aromatic heterocycles. The average molecular weight is 285 g/mol. The molecule has 2 rings (SSSR count). The third-order valence-electron chi connectivity index (χ3n) is 3.24. The molecule has 4 atom stereocenters. The summed E-state index contributed by atoms with van der Waals surface area (Å²) >= 11 is 0. The van der Waals surface area contributed by atoms with E-state index in [1.165, 1.54) is 12.4 Å². The topological polar surface area (TPSA) is 148 Å². The minimum Gasteiger partial charge on any atom is -0.394 e. The van der Waals surface area contributed by atoms with Gasteiger partial charge in [-0.15, -0.1) is 0 Å². The lowest BCUT2D eigenvalue weighted by Crippen LogP contribution is -2.53. The van der Waals surface area contributed by atoms with Crippen LogP contribution in [0.15, 0.2) is 17.2 Å². The van der Waals surface area contributed by atoms with Crippen molar-refractivity contribution in [1.82, 2.24) is 9.55 Å². The summed E-state index contributed by atoms with van der Waals surface area (Å²) in [5.41, 5.74) is 3.79. The molecule has 1 aliphatic heterocycles. The van der Waals surface area contributed by atoms with E-state index in [2.05, 4.69) is 4.98 Å². The lowest BCUT2D eigenvalue weighted by Gasteiger charge is -2.37. The molecule has 1 fully saturated rings. The first kappa shape index (κ1) is 14.6. The summed E-state index contributed by atoms with van der Waals surface area (Å²) in [6.07, 6.45) is -1.15. The third kappa shape index (κ3) is 2.43. The van der Waals surface area contributed by atoms with E-state index in [0.29, 0.717) is 0 Å². The number of amides is 1. The molecule has 9 heteroatoms. The highest BCUT2D eigenvalue weighted by Gasteiger charge is 2.39. The highest BCUT2D eigenvalue weighted by Crippen LogP contribution is 2.23. The van der Waals surface area contributed by atoms with Crippen LogP contribution >= 0.6 is 0 Å². The van der Waals surface area contributed by atoms with Crippen LogP contribution in [0.4, 0.5) is 0 Å². The first-order valence-corrected chi connectivity index (χ1v) is 5.93. The number of aliphatic hydroxyl groups excluding tert-OH is 3. The molecular formula is C11H15N3O6. The smallest absolute Gasteiger partial charge is 0.282 e. The predicted molar refractivity (Wildman–Crippen MR) is 64.9 cm³/mol. The highest BCUT2D eigenvalue weighted by molar-refractivity contribution is 5.90. The first-order valence-electron chi connectivity index (χ1n) is 5.93.